The molecule has 0 heterocycles. The predicted molar refractivity (Wildman–Crippen MR) is 112 cm³/mol. The third-order valence-corrected chi connectivity index (χ3v) is 7.53. The lowest BCUT2D eigenvalue weighted by molar-refractivity contribution is -0.00521. The molecule has 6 rings (SSSR count). The highest BCUT2D eigenvalue weighted by Crippen LogP contribution is 2.60. The van der Waals surface area contributed by atoms with Gasteiger partial charge in [-0.25, -0.2) is 0 Å². The van der Waals surface area contributed by atoms with Gasteiger partial charge >= 0.3 is 0 Å². The molecule has 2 aromatic carbocycles. The van der Waals surface area contributed by atoms with Crippen molar-refractivity contribution < 1.29 is 9.53 Å². The second-order valence-corrected chi connectivity index (χ2v) is 9.79. The summed E-state index contributed by atoms with van der Waals surface area (Å²) in [5.74, 6) is 3.54. The average molecular weight is 395 g/mol. The molecule has 2 nitrogen and oxygen atoms in total. The number of carbonyl (C=O) groups excluding carboxylic acids is 1. The van der Waals surface area contributed by atoms with Crippen LogP contribution in [0.1, 0.15) is 61.4 Å². The lowest BCUT2D eigenvalue weighted by Crippen LogP contribution is -2.48. The minimum atomic E-state index is -0.538. The third kappa shape index (κ3) is 3.26. The van der Waals surface area contributed by atoms with Gasteiger partial charge in [0.05, 0.1) is 0 Å². The molecule has 0 spiro atoms. The van der Waals surface area contributed by atoms with E-state index in [0.29, 0.717) is 16.0 Å². The van der Waals surface area contributed by atoms with Gasteiger partial charge in [-0.2, -0.15) is 0 Å². The first-order chi connectivity index (χ1) is 13.5. The molecule has 0 aliphatic heterocycles. The van der Waals surface area contributed by atoms with Crippen LogP contribution >= 0.6 is 11.6 Å². The molecule has 0 amide bonds. The molecule has 2 aromatic rings. The summed E-state index contributed by atoms with van der Waals surface area (Å²) in [6, 6.07) is 15.6. The number of ether oxygens (including phenoxy) is 1. The van der Waals surface area contributed by atoms with Crippen molar-refractivity contribution in [1.82, 2.24) is 0 Å². The molecule has 4 fully saturated rings. The molecule has 4 bridgehead atoms. The molecule has 0 N–H and O–H groups in total. The van der Waals surface area contributed by atoms with Crippen LogP contribution in [0.4, 0.5) is 0 Å². The number of ketones is 1. The molecule has 1 atom stereocenters. The van der Waals surface area contributed by atoms with Crippen LogP contribution in [0, 0.1) is 17.8 Å². The third-order valence-electron chi connectivity index (χ3n) is 7.30. The SMILES string of the molecule is C[C@@H](Oc1ccc(C23CC4CC(CC(C4)C2)C3)cc1)C(=O)c1cccc(Cl)c1. The number of rotatable bonds is 5. The van der Waals surface area contributed by atoms with Crippen LogP contribution < -0.4 is 4.74 Å². The summed E-state index contributed by atoms with van der Waals surface area (Å²) >= 11 is 6.01. The number of benzene rings is 2. The van der Waals surface area contributed by atoms with Crippen molar-refractivity contribution in [3.05, 3.63) is 64.7 Å². The molecule has 4 saturated carbocycles. The first kappa shape index (κ1) is 18.2. The Morgan fingerprint density at radius 2 is 1.61 bits per heavy atom. The maximum absolute atomic E-state index is 12.6. The Kier molecular flexibility index (Phi) is 4.50. The van der Waals surface area contributed by atoms with Crippen LogP contribution in [-0.2, 0) is 5.41 Å². The number of hydrogen-bond acceptors (Lipinski definition) is 2. The van der Waals surface area contributed by atoms with Crippen molar-refractivity contribution in [2.45, 2.75) is 57.0 Å². The van der Waals surface area contributed by atoms with Crippen LogP contribution in [-0.4, -0.2) is 11.9 Å². The van der Waals surface area contributed by atoms with Gasteiger partial charge in [0.2, 0.25) is 5.78 Å². The highest BCUT2D eigenvalue weighted by atomic mass is 35.5. The minimum Gasteiger partial charge on any atom is -0.483 e. The summed E-state index contributed by atoms with van der Waals surface area (Å²) in [5.41, 5.74) is 2.47. The van der Waals surface area contributed by atoms with E-state index in [2.05, 4.69) is 24.3 Å². The largest absolute Gasteiger partial charge is 0.483 e. The van der Waals surface area contributed by atoms with E-state index in [-0.39, 0.29) is 5.78 Å². The van der Waals surface area contributed by atoms with Crippen LogP contribution in [0.25, 0.3) is 0 Å². The van der Waals surface area contributed by atoms with Crippen molar-refractivity contribution in [3.63, 3.8) is 0 Å². The fourth-order valence-corrected chi connectivity index (χ4v) is 6.68. The Hall–Kier alpha value is -1.80. The molecular weight excluding hydrogens is 368 g/mol. The second kappa shape index (κ2) is 6.91. The van der Waals surface area contributed by atoms with Gasteiger partial charge in [-0.3, -0.25) is 4.79 Å². The van der Waals surface area contributed by atoms with Crippen molar-refractivity contribution >= 4 is 17.4 Å². The van der Waals surface area contributed by atoms with Gasteiger partial charge in [0.1, 0.15) is 5.75 Å². The Morgan fingerprint density at radius 1 is 1.00 bits per heavy atom. The van der Waals surface area contributed by atoms with Crippen LogP contribution in [0.3, 0.4) is 0 Å². The zero-order valence-electron chi connectivity index (χ0n) is 16.4. The molecule has 0 radical (unpaired) electrons. The highest BCUT2D eigenvalue weighted by molar-refractivity contribution is 6.31. The fraction of sp³-hybridized carbons (Fsp3) is 0.480. The summed E-state index contributed by atoms with van der Waals surface area (Å²) in [7, 11) is 0. The van der Waals surface area contributed by atoms with Gasteiger partial charge in [0.25, 0.3) is 0 Å². The fourth-order valence-electron chi connectivity index (χ4n) is 6.49. The Morgan fingerprint density at radius 3 is 2.18 bits per heavy atom. The van der Waals surface area contributed by atoms with Crippen LogP contribution in [0.2, 0.25) is 5.02 Å². The van der Waals surface area contributed by atoms with E-state index in [1.54, 1.807) is 31.2 Å². The lowest BCUT2D eigenvalue weighted by Gasteiger charge is -2.57. The molecule has 3 heteroatoms. The molecule has 4 aliphatic rings. The Labute approximate surface area is 172 Å². The van der Waals surface area contributed by atoms with Gasteiger partial charge in [-0.15, -0.1) is 0 Å². The zero-order valence-corrected chi connectivity index (χ0v) is 17.1. The van der Waals surface area contributed by atoms with E-state index in [4.69, 9.17) is 16.3 Å². The van der Waals surface area contributed by atoms with Crippen molar-refractivity contribution in [1.29, 1.82) is 0 Å². The van der Waals surface area contributed by atoms with Gasteiger partial charge in [-0.1, -0.05) is 35.9 Å². The zero-order chi connectivity index (χ0) is 19.3. The first-order valence-corrected chi connectivity index (χ1v) is 11.0. The maximum Gasteiger partial charge on any atom is 0.203 e. The Bertz CT molecular complexity index is 850. The van der Waals surface area contributed by atoms with Gasteiger partial charge in [-0.05, 0) is 98.4 Å². The van der Waals surface area contributed by atoms with Gasteiger partial charge < -0.3 is 4.74 Å². The summed E-state index contributed by atoms with van der Waals surface area (Å²) < 4.78 is 5.95. The molecule has 0 aromatic heterocycles. The predicted octanol–water partition coefficient (Wildman–Crippen LogP) is 6.46. The van der Waals surface area contributed by atoms with E-state index >= 15 is 0 Å². The molecular formula is C25H27ClO2. The maximum atomic E-state index is 12.6. The van der Waals surface area contributed by atoms with Gasteiger partial charge in [0.15, 0.2) is 6.10 Å². The summed E-state index contributed by atoms with van der Waals surface area (Å²) in [6.45, 7) is 1.80. The number of carbonyl (C=O) groups is 1. The number of halogens is 1. The number of Topliss-reactive ketones (excluding diaryl/α,β-unsaturated/α-hetero) is 1. The molecule has 28 heavy (non-hydrogen) atoms. The smallest absolute Gasteiger partial charge is 0.203 e. The van der Waals surface area contributed by atoms with E-state index in [0.717, 1.165) is 23.5 Å². The first-order valence-electron chi connectivity index (χ1n) is 10.6. The molecule has 4 aliphatic carbocycles. The quantitative estimate of drug-likeness (QED) is 0.544. The van der Waals surface area contributed by atoms with Crippen molar-refractivity contribution in [2.75, 3.05) is 0 Å². The minimum absolute atomic E-state index is 0.0485. The van der Waals surface area contributed by atoms with Crippen LogP contribution in [0.5, 0.6) is 5.75 Å². The standard InChI is InChI=1S/C25H27ClO2/c1-16(24(27)20-3-2-4-22(26)12-20)28-23-7-5-21(6-8-23)25-13-17-9-18(14-25)11-19(10-17)15-25/h2-8,12,16-19H,9-11,13-15H2,1H3/t16-,17?,18?,19?,25?/m1/s1. The number of hydrogen-bond donors (Lipinski definition) is 0. The topological polar surface area (TPSA) is 26.3 Å². The van der Waals surface area contributed by atoms with E-state index in [1.807, 2.05) is 0 Å². The highest BCUT2D eigenvalue weighted by Gasteiger charge is 2.51. The Balaban J connectivity index is 1.30. The molecule has 146 valence electrons. The lowest BCUT2D eigenvalue weighted by atomic mass is 9.48. The normalized spacial score (nSPS) is 31.6. The van der Waals surface area contributed by atoms with Gasteiger partial charge in [0, 0.05) is 10.6 Å². The van der Waals surface area contributed by atoms with Crippen LogP contribution in [0.15, 0.2) is 48.5 Å². The van der Waals surface area contributed by atoms with E-state index in [9.17, 15) is 4.79 Å². The molecule has 0 unspecified atom stereocenters. The second-order valence-electron chi connectivity index (χ2n) is 9.36. The molecule has 0 saturated heterocycles. The van der Waals surface area contributed by atoms with E-state index < -0.39 is 6.10 Å². The monoisotopic (exact) mass is 394 g/mol. The van der Waals surface area contributed by atoms with E-state index in [1.165, 1.54) is 44.1 Å². The summed E-state index contributed by atoms with van der Waals surface area (Å²) in [5, 5.41) is 0.568. The van der Waals surface area contributed by atoms with Crippen molar-refractivity contribution in [2.24, 2.45) is 17.8 Å². The summed E-state index contributed by atoms with van der Waals surface area (Å²) in [4.78, 5) is 12.6. The summed E-state index contributed by atoms with van der Waals surface area (Å²) in [6.07, 6.45) is 7.94. The van der Waals surface area contributed by atoms with Crippen molar-refractivity contribution in [3.8, 4) is 5.75 Å². The average Bonchev–Trinajstić information content (AvgIpc) is 2.67.